The summed E-state index contributed by atoms with van der Waals surface area (Å²) in [6, 6.07) is 2.91. The molecule has 0 bridgehead atoms. The van der Waals surface area contributed by atoms with Crippen LogP contribution in [0.1, 0.15) is 12.8 Å². The molecule has 0 unspecified atom stereocenters. The van der Waals surface area contributed by atoms with Crippen molar-refractivity contribution < 1.29 is 23.1 Å². The van der Waals surface area contributed by atoms with Gasteiger partial charge in [0.1, 0.15) is 6.54 Å². The first-order valence-corrected chi connectivity index (χ1v) is 7.94. The first kappa shape index (κ1) is 16.6. The molecule has 8 heteroatoms. The molecule has 2 aliphatic heterocycles. The topological polar surface area (TPSA) is 61.9 Å². The normalized spacial score (nSPS) is 20.8. The third kappa shape index (κ3) is 3.64. The van der Waals surface area contributed by atoms with Crippen LogP contribution in [0.5, 0.6) is 0 Å². The number of amides is 3. The van der Waals surface area contributed by atoms with Crippen molar-refractivity contribution in [2.75, 3.05) is 37.7 Å². The maximum absolute atomic E-state index is 13.3. The third-order valence-electron chi connectivity index (χ3n) is 4.20. The van der Waals surface area contributed by atoms with Crippen molar-refractivity contribution in [1.82, 2.24) is 10.2 Å². The molecule has 24 heavy (non-hydrogen) atoms. The molecule has 3 rings (SSSR count). The smallest absolute Gasteiger partial charge is 0.325 e. The van der Waals surface area contributed by atoms with Gasteiger partial charge in [0.25, 0.3) is 0 Å². The van der Waals surface area contributed by atoms with Crippen LogP contribution in [-0.4, -0.2) is 55.7 Å². The molecule has 6 nitrogen and oxygen atoms in total. The van der Waals surface area contributed by atoms with Crippen LogP contribution in [0.4, 0.5) is 19.3 Å². The van der Waals surface area contributed by atoms with Crippen LogP contribution in [0.2, 0.25) is 0 Å². The minimum atomic E-state index is -1.01. The van der Waals surface area contributed by atoms with Gasteiger partial charge in [-0.15, -0.1) is 0 Å². The second-order valence-electron chi connectivity index (χ2n) is 5.89. The molecule has 2 heterocycles. The Morgan fingerprint density at radius 2 is 2.12 bits per heavy atom. The molecule has 0 aliphatic carbocycles. The van der Waals surface area contributed by atoms with Gasteiger partial charge in [0.15, 0.2) is 11.6 Å². The zero-order valence-electron chi connectivity index (χ0n) is 13.1. The van der Waals surface area contributed by atoms with Gasteiger partial charge in [0.2, 0.25) is 5.91 Å². The lowest BCUT2D eigenvalue weighted by Gasteiger charge is -2.19. The Morgan fingerprint density at radius 1 is 1.29 bits per heavy atom. The third-order valence-corrected chi connectivity index (χ3v) is 4.20. The highest BCUT2D eigenvalue weighted by atomic mass is 19.2. The summed E-state index contributed by atoms with van der Waals surface area (Å²) >= 11 is 0. The number of benzene rings is 1. The molecule has 1 aromatic carbocycles. The first-order chi connectivity index (χ1) is 11.5. The zero-order chi connectivity index (χ0) is 17.1. The molecular formula is C16H19F2N3O3. The fraction of sp³-hybridized carbons (Fsp3) is 0.500. The van der Waals surface area contributed by atoms with Gasteiger partial charge in [-0.2, -0.15) is 0 Å². The highest BCUT2D eigenvalue weighted by Gasteiger charge is 2.31. The summed E-state index contributed by atoms with van der Waals surface area (Å²) in [6.07, 6.45) is 1.96. The lowest BCUT2D eigenvalue weighted by atomic mass is 10.2. The molecule has 0 radical (unpaired) electrons. The van der Waals surface area contributed by atoms with Crippen molar-refractivity contribution in [2.24, 2.45) is 0 Å². The van der Waals surface area contributed by atoms with Crippen LogP contribution < -0.4 is 10.2 Å². The second-order valence-corrected chi connectivity index (χ2v) is 5.89. The Hall–Kier alpha value is -2.22. The van der Waals surface area contributed by atoms with Crippen LogP contribution in [0.25, 0.3) is 0 Å². The second kappa shape index (κ2) is 7.12. The number of ether oxygens (including phenoxy) is 1. The summed E-state index contributed by atoms with van der Waals surface area (Å²) in [7, 11) is 0. The number of nitrogens with one attached hydrogen (secondary N) is 1. The van der Waals surface area contributed by atoms with Gasteiger partial charge >= 0.3 is 6.03 Å². The fourth-order valence-electron chi connectivity index (χ4n) is 2.88. The Bertz CT molecular complexity index is 635. The summed E-state index contributed by atoms with van der Waals surface area (Å²) in [5.41, 5.74) is 0.279. The maximum Gasteiger partial charge on any atom is 0.325 e. The molecule has 0 aromatic heterocycles. The molecule has 2 aliphatic rings. The van der Waals surface area contributed by atoms with E-state index in [4.69, 9.17) is 4.74 Å². The highest BCUT2D eigenvalue weighted by Crippen LogP contribution is 2.22. The van der Waals surface area contributed by atoms with E-state index in [2.05, 4.69) is 5.32 Å². The lowest BCUT2D eigenvalue weighted by molar-refractivity contribution is -0.122. The van der Waals surface area contributed by atoms with Crippen molar-refractivity contribution in [1.29, 1.82) is 0 Å². The number of anilines is 1. The van der Waals surface area contributed by atoms with E-state index in [1.54, 1.807) is 0 Å². The van der Waals surface area contributed by atoms with Crippen LogP contribution in [-0.2, 0) is 9.53 Å². The Morgan fingerprint density at radius 3 is 2.83 bits per heavy atom. The molecule has 3 amide bonds. The number of hydrogen-bond acceptors (Lipinski definition) is 3. The molecule has 1 aromatic rings. The number of carbonyl (C=O) groups is 2. The maximum atomic E-state index is 13.3. The van der Waals surface area contributed by atoms with E-state index in [0.29, 0.717) is 26.2 Å². The Labute approximate surface area is 138 Å². The van der Waals surface area contributed by atoms with Gasteiger partial charge in [-0.25, -0.2) is 13.6 Å². The van der Waals surface area contributed by atoms with Crippen LogP contribution in [0.3, 0.4) is 0 Å². The van der Waals surface area contributed by atoms with Crippen LogP contribution >= 0.6 is 0 Å². The molecule has 2 saturated heterocycles. The van der Waals surface area contributed by atoms with Crippen LogP contribution in [0.15, 0.2) is 18.2 Å². The van der Waals surface area contributed by atoms with Crippen molar-refractivity contribution in [2.45, 2.75) is 18.9 Å². The summed E-state index contributed by atoms with van der Waals surface area (Å²) in [5.74, 6) is -2.23. The molecular weight excluding hydrogens is 320 g/mol. The Balaban J connectivity index is 1.53. The fourth-order valence-corrected chi connectivity index (χ4v) is 2.88. The Kier molecular flexibility index (Phi) is 4.94. The average Bonchev–Trinajstić information content (AvgIpc) is 3.19. The first-order valence-electron chi connectivity index (χ1n) is 7.94. The van der Waals surface area contributed by atoms with E-state index in [-0.39, 0.29) is 24.2 Å². The molecule has 2 fully saturated rings. The van der Waals surface area contributed by atoms with Gasteiger partial charge < -0.3 is 15.0 Å². The summed E-state index contributed by atoms with van der Waals surface area (Å²) < 4.78 is 31.7. The van der Waals surface area contributed by atoms with Gasteiger partial charge in [-0.05, 0) is 25.0 Å². The van der Waals surface area contributed by atoms with Gasteiger partial charge in [-0.3, -0.25) is 9.69 Å². The van der Waals surface area contributed by atoms with Crippen molar-refractivity contribution in [3.8, 4) is 0 Å². The van der Waals surface area contributed by atoms with E-state index in [0.717, 1.165) is 25.0 Å². The number of urea groups is 1. The van der Waals surface area contributed by atoms with E-state index in [1.807, 2.05) is 0 Å². The average molecular weight is 339 g/mol. The molecule has 1 N–H and O–H groups in total. The predicted octanol–water partition coefficient (Wildman–Crippen LogP) is 1.50. The molecule has 0 spiro atoms. The van der Waals surface area contributed by atoms with Crippen molar-refractivity contribution in [3.05, 3.63) is 29.8 Å². The van der Waals surface area contributed by atoms with Crippen molar-refractivity contribution >= 4 is 17.6 Å². The molecule has 0 saturated carbocycles. The van der Waals surface area contributed by atoms with Crippen molar-refractivity contribution in [3.63, 3.8) is 0 Å². The number of hydrogen-bond donors (Lipinski definition) is 1. The SMILES string of the molecule is O=C(CN1CCN(c2ccc(F)c(F)c2)C1=O)NC[C@H]1CCCO1. The van der Waals surface area contributed by atoms with E-state index in [9.17, 15) is 18.4 Å². The van der Waals surface area contributed by atoms with E-state index < -0.39 is 17.7 Å². The summed E-state index contributed by atoms with van der Waals surface area (Å²) in [5, 5.41) is 2.76. The minimum Gasteiger partial charge on any atom is -0.376 e. The quantitative estimate of drug-likeness (QED) is 0.884. The van der Waals surface area contributed by atoms with Gasteiger partial charge in [0.05, 0.1) is 6.10 Å². The standard InChI is InChI=1S/C16H19F2N3O3/c17-13-4-3-11(8-14(13)18)21-6-5-20(16(21)23)10-15(22)19-9-12-2-1-7-24-12/h3-4,8,12H,1-2,5-7,9-10H2,(H,19,22)/t12-/m1/s1. The number of halogens is 2. The number of nitrogens with zero attached hydrogens (tertiary/aromatic N) is 2. The summed E-state index contributed by atoms with van der Waals surface area (Å²) in [4.78, 5) is 27.0. The van der Waals surface area contributed by atoms with Gasteiger partial charge in [-0.1, -0.05) is 0 Å². The largest absolute Gasteiger partial charge is 0.376 e. The van der Waals surface area contributed by atoms with Crippen LogP contribution in [0, 0.1) is 11.6 Å². The number of rotatable bonds is 5. The lowest BCUT2D eigenvalue weighted by Crippen LogP contribution is -2.42. The summed E-state index contributed by atoms with van der Waals surface area (Å²) in [6.45, 7) is 1.77. The van der Waals surface area contributed by atoms with E-state index in [1.165, 1.54) is 15.9 Å². The highest BCUT2D eigenvalue weighted by molar-refractivity contribution is 5.96. The zero-order valence-corrected chi connectivity index (χ0v) is 13.1. The monoisotopic (exact) mass is 339 g/mol. The molecule has 1 atom stereocenters. The number of carbonyl (C=O) groups excluding carboxylic acids is 2. The molecule has 130 valence electrons. The minimum absolute atomic E-state index is 0.0434. The van der Waals surface area contributed by atoms with Gasteiger partial charge in [0, 0.05) is 38.0 Å². The van der Waals surface area contributed by atoms with E-state index >= 15 is 0 Å². The predicted molar refractivity (Wildman–Crippen MR) is 82.7 cm³/mol.